The fourth-order valence-corrected chi connectivity index (χ4v) is 4.26. The molecule has 10 heteroatoms. The van der Waals surface area contributed by atoms with Crippen molar-refractivity contribution in [3.05, 3.63) is 71.3 Å². The Morgan fingerprint density at radius 2 is 1.85 bits per heavy atom. The van der Waals surface area contributed by atoms with Gasteiger partial charge in [-0.3, -0.25) is 14.5 Å². The number of hydrogen-bond acceptors (Lipinski definition) is 5. The lowest BCUT2D eigenvalue weighted by Gasteiger charge is -2.32. The molecular weight excluding hydrogens is 447 g/mol. The number of aryl methyl sites for hydroxylation is 2. The van der Waals surface area contributed by atoms with Gasteiger partial charge in [-0.2, -0.15) is 18.3 Å². The molecule has 174 valence electrons. The Bertz CT molecular complexity index is 1410. The van der Waals surface area contributed by atoms with Crippen molar-refractivity contribution < 1.29 is 22.5 Å². The number of aromatic nitrogens is 4. The van der Waals surface area contributed by atoms with Gasteiger partial charge in [0.2, 0.25) is 0 Å². The van der Waals surface area contributed by atoms with Crippen LogP contribution in [0.4, 0.5) is 18.9 Å². The highest BCUT2D eigenvalue weighted by Gasteiger charge is 2.36. The lowest BCUT2D eigenvalue weighted by molar-refractivity contribution is -0.138. The minimum atomic E-state index is -4.45. The Balaban J connectivity index is 1.53. The maximum Gasteiger partial charge on any atom is 0.416 e. The van der Waals surface area contributed by atoms with Gasteiger partial charge < -0.3 is 9.42 Å². The van der Waals surface area contributed by atoms with E-state index in [1.165, 1.54) is 24.0 Å². The van der Waals surface area contributed by atoms with Crippen LogP contribution >= 0.6 is 0 Å². The zero-order valence-electron chi connectivity index (χ0n) is 18.6. The van der Waals surface area contributed by atoms with Crippen molar-refractivity contribution in [1.82, 2.24) is 19.9 Å². The number of halogens is 3. The van der Waals surface area contributed by atoms with Gasteiger partial charge in [0.1, 0.15) is 11.4 Å². The summed E-state index contributed by atoms with van der Waals surface area (Å²) in [7, 11) is 0. The Hall–Kier alpha value is -3.95. The SMILES string of the molecule is Cc1ccncc1-c1cc(-c2cnn3c2C(=O)N(c2ccc(C(F)(F)F)c(C)c2)C[C@@H]3C)no1. The zero-order chi connectivity index (χ0) is 24.2. The maximum atomic E-state index is 13.5. The number of rotatable bonds is 3. The first-order chi connectivity index (χ1) is 16.1. The summed E-state index contributed by atoms with van der Waals surface area (Å²) in [5.74, 6) is 0.138. The van der Waals surface area contributed by atoms with Gasteiger partial charge in [0.25, 0.3) is 5.91 Å². The van der Waals surface area contributed by atoms with Crippen molar-refractivity contribution in [2.24, 2.45) is 0 Å². The first-order valence-corrected chi connectivity index (χ1v) is 10.6. The predicted molar refractivity (Wildman–Crippen MR) is 118 cm³/mol. The van der Waals surface area contributed by atoms with Gasteiger partial charge in [-0.05, 0) is 56.2 Å². The van der Waals surface area contributed by atoms with Crippen LogP contribution in [0.5, 0.6) is 0 Å². The van der Waals surface area contributed by atoms with Crippen LogP contribution in [0.15, 0.2) is 53.4 Å². The van der Waals surface area contributed by atoms with Gasteiger partial charge in [-0.15, -0.1) is 0 Å². The van der Waals surface area contributed by atoms with Gasteiger partial charge >= 0.3 is 6.18 Å². The number of pyridine rings is 1. The molecule has 1 aromatic carbocycles. The molecule has 7 nitrogen and oxygen atoms in total. The molecule has 0 radical (unpaired) electrons. The number of nitrogens with zero attached hydrogens (tertiary/aromatic N) is 5. The van der Waals surface area contributed by atoms with Crippen LogP contribution in [-0.2, 0) is 6.18 Å². The molecule has 5 rings (SSSR count). The monoisotopic (exact) mass is 467 g/mol. The van der Waals surface area contributed by atoms with E-state index in [2.05, 4.69) is 15.2 Å². The molecule has 3 aromatic heterocycles. The number of amides is 1. The average Bonchev–Trinajstić information content (AvgIpc) is 3.43. The molecule has 0 aliphatic carbocycles. The normalized spacial score (nSPS) is 16.1. The standard InChI is InChI=1S/C24H20F3N5O2/c1-13-6-7-28-10-17(13)21-9-20(30-34-21)18-11-29-32-15(3)12-31(23(33)22(18)32)16-4-5-19(14(2)8-16)24(25,26)27/h4-11,15H,12H2,1-3H3/t15-/m0/s1. The average molecular weight is 467 g/mol. The molecule has 0 fully saturated rings. The van der Waals surface area contributed by atoms with E-state index in [9.17, 15) is 18.0 Å². The van der Waals surface area contributed by atoms with E-state index in [-0.39, 0.29) is 24.1 Å². The smallest absolute Gasteiger partial charge is 0.356 e. The number of benzene rings is 1. The molecule has 0 bridgehead atoms. The molecule has 0 N–H and O–H groups in total. The number of hydrogen-bond donors (Lipinski definition) is 0. The van der Waals surface area contributed by atoms with Crippen molar-refractivity contribution >= 4 is 11.6 Å². The molecule has 4 heterocycles. The molecule has 1 aliphatic rings. The highest BCUT2D eigenvalue weighted by atomic mass is 19.4. The van der Waals surface area contributed by atoms with Crippen LogP contribution in [0.2, 0.25) is 0 Å². The summed E-state index contributed by atoms with van der Waals surface area (Å²) in [6.07, 6.45) is 0.463. The van der Waals surface area contributed by atoms with Crippen LogP contribution in [0.3, 0.4) is 0 Å². The molecule has 4 aromatic rings. The van der Waals surface area contributed by atoms with E-state index in [0.29, 0.717) is 28.4 Å². The number of anilines is 1. The van der Waals surface area contributed by atoms with Crippen molar-refractivity contribution in [1.29, 1.82) is 0 Å². The van der Waals surface area contributed by atoms with E-state index in [1.807, 2.05) is 19.9 Å². The van der Waals surface area contributed by atoms with Crippen molar-refractivity contribution in [2.45, 2.75) is 33.0 Å². The summed E-state index contributed by atoms with van der Waals surface area (Å²) in [6.45, 7) is 5.48. The van der Waals surface area contributed by atoms with Gasteiger partial charge in [-0.25, -0.2) is 0 Å². The summed E-state index contributed by atoms with van der Waals surface area (Å²) in [5.41, 5.74) is 2.70. The topological polar surface area (TPSA) is 77.1 Å². The van der Waals surface area contributed by atoms with Gasteiger partial charge in [0, 0.05) is 36.3 Å². The van der Waals surface area contributed by atoms with Crippen LogP contribution in [0.1, 0.15) is 40.1 Å². The molecule has 0 spiro atoms. The quantitative estimate of drug-likeness (QED) is 0.400. The largest absolute Gasteiger partial charge is 0.416 e. The van der Waals surface area contributed by atoms with Crippen molar-refractivity contribution in [3.8, 4) is 22.6 Å². The molecule has 1 atom stereocenters. The van der Waals surface area contributed by atoms with Crippen LogP contribution in [0.25, 0.3) is 22.6 Å². The third kappa shape index (κ3) is 3.55. The van der Waals surface area contributed by atoms with Crippen LogP contribution in [-0.4, -0.2) is 32.4 Å². The predicted octanol–water partition coefficient (Wildman–Crippen LogP) is 5.46. The van der Waals surface area contributed by atoms with E-state index in [0.717, 1.165) is 17.2 Å². The molecule has 34 heavy (non-hydrogen) atoms. The summed E-state index contributed by atoms with van der Waals surface area (Å²) in [4.78, 5) is 19.1. The zero-order valence-corrected chi connectivity index (χ0v) is 18.6. The number of carbonyl (C=O) groups excluding carboxylic acids is 1. The summed E-state index contributed by atoms with van der Waals surface area (Å²) >= 11 is 0. The molecular formula is C24H20F3N5O2. The lowest BCUT2D eigenvalue weighted by Crippen LogP contribution is -2.42. The van der Waals surface area contributed by atoms with Crippen molar-refractivity contribution in [3.63, 3.8) is 0 Å². The van der Waals surface area contributed by atoms with E-state index < -0.39 is 11.7 Å². The first-order valence-electron chi connectivity index (χ1n) is 10.6. The third-order valence-corrected chi connectivity index (χ3v) is 6.03. The molecule has 0 unspecified atom stereocenters. The van der Waals surface area contributed by atoms with E-state index >= 15 is 0 Å². The second-order valence-electron chi connectivity index (χ2n) is 8.38. The Kier molecular flexibility index (Phi) is 5.03. The molecule has 0 saturated carbocycles. The summed E-state index contributed by atoms with van der Waals surface area (Å²) in [5, 5.41) is 8.52. The fourth-order valence-electron chi connectivity index (χ4n) is 4.26. The Labute approximate surface area is 192 Å². The number of fused-ring (bicyclic) bond motifs is 1. The Morgan fingerprint density at radius 1 is 1.06 bits per heavy atom. The van der Waals surface area contributed by atoms with Crippen LogP contribution < -0.4 is 4.90 Å². The van der Waals surface area contributed by atoms with E-state index in [4.69, 9.17) is 4.52 Å². The summed E-state index contributed by atoms with van der Waals surface area (Å²) < 4.78 is 46.7. The lowest BCUT2D eigenvalue weighted by atomic mass is 10.0. The fraction of sp³-hybridized carbons (Fsp3) is 0.250. The van der Waals surface area contributed by atoms with E-state index in [1.54, 1.807) is 29.3 Å². The molecule has 1 amide bonds. The number of carbonyl (C=O) groups is 1. The number of alkyl halides is 3. The maximum absolute atomic E-state index is 13.5. The molecule has 0 saturated heterocycles. The van der Waals surface area contributed by atoms with Crippen molar-refractivity contribution in [2.75, 3.05) is 11.4 Å². The minimum Gasteiger partial charge on any atom is -0.356 e. The first kappa shape index (κ1) is 21.9. The highest BCUT2D eigenvalue weighted by Crippen LogP contribution is 2.37. The summed E-state index contributed by atoms with van der Waals surface area (Å²) in [6, 6.07) is 7.10. The Morgan fingerprint density at radius 3 is 2.56 bits per heavy atom. The minimum absolute atomic E-state index is 0.0535. The molecule has 1 aliphatic heterocycles. The third-order valence-electron chi connectivity index (χ3n) is 6.03. The second-order valence-corrected chi connectivity index (χ2v) is 8.38. The van der Waals surface area contributed by atoms with Gasteiger partial charge in [0.05, 0.1) is 23.4 Å². The van der Waals surface area contributed by atoms with Gasteiger partial charge in [-0.1, -0.05) is 5.16 Å². The second kappa shape index (κ2) is 7.82. The van der Waals surface area contributed by atoms with Crippen LogP contribution in [0, 0.1) is 13.8 Å². The highest BCUT2D eigenvalue weighted by molar-refractivity contribution is 6.09. The van der Waals surface area contributed by atoms with Gasteiger partial charge in [0.15, 0.2) is 5.76 Å².